The predicted molar refractivity (Wildman–Crippen MR) is 58.1 cm³/mol. The molecule has 0 radical (unpaired) electrons. The van der Waals surface area contributed by atoms with Gasteiger partial charge < -0.3 is 5.73 Å². The van der Waals surface area contributed by atoms with E-state index in [4.69, 9.17) is 5.73 Å². The molecule has 0 aliphatic rings. The third-order valence-electron chi connectivity index (χ3n) is 2.21. The maximum atomic E-state index is 13.0. The second-order valence-electron chi connectivity index (χ2n) is 3.32. The smallest absolute Gasteiger partial charge is 0.264 e. The van der Waals surface area contributed by atoms with Crippen molar-refractivity contribution in [3.63, 3.8) is 0 Å². The van der Waals surface area contributed by atoms with Crippen molar-refractivity contribution < 1.29 is 4.39 Å². The fourth-order valence-electron chi connectivity index (χ4n) is 1.48. The monoisotopic (exact) mass is 219 g/mol. The van der Waals surface area contributed by atoms with Crippen molar-refractivity contribution in [1.29, 1.82) is 0 Å². The van der Waals surface area contributed by atoms with Gasteiger partial charge in [-0.3, -0.25) is 4.79 Å². The zero-order chi connectivity index (χ0) is 11.5. The average Bonchev–Trinajstić information content (AvgIpc) is 2.28. The first-order chi connectivity index (χ1) is 7.70. The Bertz CT molecular complexity index is 565. The lowest BCUT2D eigenvalue weighted by Crippen LogP contribution is -2.12. The molecule has 2 rings (SSSR count). The number of H-pyrrole nitrogens is 1. The summed E-state index contributed by atoms with van der Waals surface area (Å²) in [7, 11) is 0. The summed E-state index contributed by atoms with van der Waals surface area (Å²) in [6.07, 6.45) is 0. The second-order valence-corrected chi connectivity index (χ2v) is 3.32. The molecule has 0 aliphatic carbocycles. The number of halogens is 1. The van der Waals surface area contributed by atoms with Gasteiger partial charge in [0.15, 0.2) is 0 Å². The quantitative estimate of drug-likeness (QED) is 0.792. The molecule has 0 fully saturated rings. The Morgan fingerprint density at radius 2 is 2.19 bits per heavy atom. The number of hydrogen-bond acceptors (Lipinski definition) is 3. The van der Waals surface area contributed by atoms with Gasteiger partial charge in [0.2, 0.25) is 0 Å². The van der Waals surface area contributed by atoms with Crippen LogP contribution in [-0.2, 0) is 6.54 Å². The van der Waals surface area contributed by atoms with Gasteiger partial charge in [-0.1, -0.05) is 12.1 Å². The van der Waals surface area contributed by atoms with E-state index in [1.54, 1.807) is 12.1 Å². The van der Waals surface area contributed by atoms with Crippen LogP contribution in [-0.4, -0.2) is 10.2 Å². The van der Waals surface area contributed by atoms with E-state index in [1.165, 1.54) is 18.2 Å². The van der Waals surface area contributed by atoms with Crippen LogP contribution < -0.4 is 11.3 Å². The molecule has 4 nitrogen and oxygen atoms in total. The molecule has 0 unspecified atom stereocenters. The zero-order valence-electron chi connectivity index (χ0n) is 8.40. The summed E-state index contributed by atoms with van der Waals surface area (Å²) in [4.78, 5) is 11.1. The summed E-state index contributed by atoms with van der Waals surface area (Å²) < 4.78 is 13.0. The van der Waals surface area contributed by atoms with Crippen molar-refractivity contribution in [2.75, 3.05) is 0 Å². The van der Waals surface area contributed by atoms with Crippen LogP contribution in [0.25, 0.3) is 11.3 Å². The number of hydrogen-bond donors (Lipinski definition) is 2. The summed E-state index contributed by atoms with van der Waals surface area (Å²) in [5.74, 6) is -0.353. The van der Waals surface area contributed by atoms with E-state index in [1.807, 2.05) is 0 Å². The van der Waals surface area contributed by atoms with E-state index in [0.717, 1.165) is 0 Å². The van der Waals surface area contributed by atoms with Crippen LogP contribution in [0.3, 0.4) is 0 Å². The number of aromatic nitrogens is 2. The Labute approximate surface area is 90.9 Å². The van der Waals surface area contributed by atoms with Crippen LogP contribution in [0, 0.1) is 5.82 Å². The van der Waals surface area contributed by atoms with Crippen molar-refractivity contribution in [1.82, 2.24) is 10.2 Å². The lowest BCUT2D eigenvalue weighted by molar-refractivity contribution is 0.628. The number of rotatable bonds is 2. The standard InChI is InChI=1S/C11H10FN3O/c12-9-3-1-2-7(4-9)11-8(6-13)5-10(16)14-15-11/h1-5H,6,13H2,(H,14,16). The topological polar surface area (TPSA) is 71.8 Å². The molecule has 1 aromatic heterocycles. The number of nitrogens with zero attached hydrogens (tertiary/aromatic N) is 1. The molecule has 16 heavy (non-hydrogen) atoms. The van der Waals surface area contributed by atoms with Crippen molar-refractivity contribution >= 4 is 0 Å². The minimum atomic E-state index is -0.353. The van der Waals surface area contributed by atoms with E-state index < -0.39 is 0 Å². The number of nitrogens with one attached hydrogen (secondary N) is 1. The third-order valence-corrected chi connectivity index (χ3v) is 2.21. The van der Waals surface area contributed by atoms with Gasteiger partial charge >= 0.3 is 0 Å². The highest BCUT2D eigenvalue weighted by atomic mass is 19.1. The average molecular weight is 219 g/mol. The fourth-order valence-corrected chi connectivity index (χ4v) is 1.48. The number of aromatic amines is 1. The molecular formula is C11H10FN3O. The predicted octanol–water partition coefficient (Wildman–Crippen LogP) is 1.03. The molecule has 1 heterocycles. The molecule has 2 aromatic rings. The van der Waals surface area contributed by atoms with Gasteiger partial charge in [0, 0.05) is 18.2 Å². The molecule has 0 spiro atoms. The van der Waals surface area contributed by atoms with Crippen molar-refractivity contribution in [3.05, 3.63) is 52.1 Å². The first kappa shape index (κ1) is 10.5. The van der Waals surface area contributed by atoms with Crippen molar-refractivity contribution in [3.8, 4) is 11.3 Å². The van der Waals surface area contributed by atoms with Crippen LogP contribution in [0.5, 0.6) is 0 Å². The highest BCUT2D eigenvalue weighted by Gasteiger charge is 2.07. The molecule has 0 saturated heterocycles. The zero-order valence-corrected chi connectivity index (χ0v) is 8.40. The Balaban J connectivity index is 2.59. The molecule has 5 heteroatoms. The maximum Gasteiger partial charge on any atom is 0.264 e. The van der Waals surface area contributed by atoms with Gasteiger partial charge in [0.25, 0.3) is 5.56 Å². The lowest BCUT2D eigenvalue weighted by Gasteiger charge is -2.05. The molecule has 1 aromatic carbocycles. The molecule has 82 valence electrons. The van der Waals surface area contributed by atoms with Crippen LogP contribution in [0.4, 0.5) is 4.39 Å². The first-order valence-corrected chi connectivity index (χ1v) is 4.75. The Kier molecular flexibility index (Phi) is 2.78. The van der Waals surface area contributed by atoms with E-state index in [0.29, 0.717) is 16.8 Å². The third kappa shape index (κ3) is 1.99. The van der Waals surface area contributed by atoms with Crippen LogP contribution >= 0.6 is 0 Å². The summed E-state index contributed by atoms with van der Waals surface area (Å²) >= 11 is 0. The fraction of sp³-hybridized carbons (Fsp3) is 0.0909. The van der Waals surface area contributed by atoms with Crippen molar-refractivity contribution in [2.45, 2.75) is 6.54 Å². The molecule has 0 saturated carbocycles. The number of benzene rings is 1. The second kappa shape index (κ2) is 4.24. The normalized spacial score (nSPS) is 10.4. The Morgan fingerprint density at radius 3 is 2.88 bits per heavy atom. The van der Waals surface area contributed by atoms with E-state index in [-0.39, 0.29) is 17.9 Å². The largest absolute Gasteiger partial charge is 0.326 e. The molecule has 0 amide bonds. The SMILES string of the molecule is NCc1cc(=O)[nH]nc1-c1cccc(F)c1. The van der Waals surface area contributed by atoms with Gasteiger partial charge in [-0.25, -0.2) is 9.49 Å². The minimum Gasteiger partial charge on any atom is -0.326 e. The van der Waals surface area contributed by atoms with E-state index in [9.17, 15) is 9.18 Å². The van der Waals surface area contributed by atoms with E-state index in [2.05, 4.69) is 10.2 Å². The molecule has 0 aliphatic heterocycles. The molecular weight excluding hydrogens is 209 g/mol. The summed E-state index contributed by atoms with van der Waals surface area (Å²) in [6, 6.07) is 7.35. The molecule has 0 bridgehead atoms. The van der Waals surface area contributed by atoms with Gasteiger partial charge in [0.05, 0.1) is 5.69 Å². The Hall–Kier alpha value is -2.01. The van der Waals surface area contributed by atoms with Gasteiger partial charge in [-0.15, -0.1) is 0 Å². The summed E-state index contributed by atoms with van der Waals surface area (Å²) in [5, 5.41) is 6.19. The Morgan fingerprint density at radius 1 is 1.38 bits per heavy atom. The van der Waals surface area contributed by atoms with Crippen LogP contribution in [0.1, 0.15) is 5.56 Å². The highest BCUT2D eigenvalue weighted by Crippen LogP contribution is 2.19. The summed E-state index contributed by atoms with van der Waals surface area (Å²) in [6.45, 7) is 0.183. The number of nitrogens with two attached hydrogens (primary N) is 1. The summed E-state index contributed by atoms with van der Waals surface area (Å²) in [5.41, 5.74) is 6.88. The first-order valence-electron chi connectivity index (χ1n) is 4.75. The molecule has 3 N–H and O–H groups in total. The van der Waals surface area contributed by atoms with Gasteiger partial charge in [-0.2, -0.15) is 5.10 Å². The van der Waals surface area contributed by atoms with Crippen LogP contribution in [0.15, 0.2) is 35.1 Å². The van der Waals surface area contributed by atoms with Gasteiger partial charge in [-0.05, 0) is 17.7 Å². The van der Waals surface area contributed by atoms with Crippen LogP contribution in [0.2, 0.25) is 0 Å². The molecule has 0 atom stereocenters. The van der Waals surface area contributed by atoms with Crippen molar-refractivity contribution in [2.24, 2.45) is 5.73 Å². The van der Waals surface area contributed by atoms with Gasteiger partial charge in [0.1, 0.15) is 5.82 Å². The lowest BCUT2D eigenvalue weighted by atomic mass is 10.1. The maximum absolute atomic E-state index is 13.0. The highest BCUT2D eigenvalue weighted by molar-refractivity contribution is 5.62. The van der Waals surface area contributed by atoms with E-state index >= 15 is 0 Å². The minimum absolute atomic E-state index is 0.183.